The molecule has 1 aromatic rings. The van der Waals surface area contributed by atoms with E-state index < -0.39 is 29.0 Å². The van der Waals surface area contributed by atoms with Gasteiger partial charge < -0.3 is 11.1 Å². The summed E-state index contributed by atoms with van der Waals surface area (Å²) < 4.78 is 50.7. The summed E-state index contributed by atoms with van der Waals surface area (Å²) >= 11 is 0. The molecule has 0 saturated heterocycles. The minimum Gasteiger partial charge on any atom is -0.352 e. The van der Waals surface area contributed by atoms with Crippen LogP contribution in [0.25, 0.3) is 0 Å². The molecule has 1 rings (SSSR count). The molecule has 114 valence electrons. The Labute approximate surface area is 119 Å². The summed E-state index contributed by atoms with van der Waals surface area (Å²) in [7, 11) is 0. The van der Waals surface area contributed by atoms with Gasteiger partial charge in [-0.05, 0) is 37.6 Å². The van der Waals surface area contributed by atoms with Crippen molar-refractivity contribution in [1.82, 2.24) is 5.32 Å². The van der Waals surface area contributed by atoms with Gasteiger partial charge in [0.25, 0.3) is 5.91 Å². The summed E-state index contributed by atoms with van der Waals surface area (Å²) in [6.45, 7) is 0.694. The van der Waals surface area contributed by atoms with Crippen LogP contribution in [0.2, 0.25) is 0 Å². The Hall–Kier alpha value is -1.34. The van der Waals surface area contributed by atoms with Gasteiger partial charge in [-0.1, -0.05) is 0 Å². The highest BCUT2D eigenvalue weighted by Crippen LogP contribution is 2.30. The van der Waals surface area contributed by atoms with Crippen molar-refractivity contribution in [2.24, 2.45) is 5.73 Å². The fraction of sp³-hybridized carbons (Fsp3) is 0.417. The second-order valence-corrected chi connectivity index (χ2v) is 3.94. The van der Waals surface area contributed by atoms with Crippen molar-refractivity contribution < 1.29 is 22.4 Å². The number of carbonyl (C=O) groups excluding carboxylic acids is 1. The Balaban J connectivity index is 0.00000361. The Morgan fingerprint density at radius 2 is 1.90 bits per heavy atom. The minimum absolute atomic E-state index is 0. The third-order valence-electron chi connectivity index (χ3n) is 2.45. The van der Waals surface area contributed by atoms with E-state index in [1.165, 1.54) is 0 Å². The van der Waals surface area contributed by atoms with Crippen LogP contribution in [0.15, 0.2) is 18.2 Å². The van der Waals surface area contributed by atoms with Gasteiger partial charge in [-0.15, -0.1) is 12.4 Å². The number of hydrogen-bond acceptors (Lipinski definition) is 2. The summed E-state index contributed by atoms with van der Waals surface area (Å²) in [6, 6.07) is 1.74. The first-order valence-corrected chi connectivity index (χ1v) is 5.71. The van der Waals surface area contributed by atoms with E-state index in [1.807, 2.05) is 0 Å². The average molecular weight is 315 g/mol. The predicted octanol–water partition coefficient (Wildman–Crippen LogP) is 2.74. The molecular weight excluding hydrogens is 300 g/mol. The quantitative estimate of drug-likeness (QED) is 0.648. The van der Waals surface area contributed by atoms with E-state index in [-0.39, 0.29) is 19.0 Å². The molecule has 20 heavy (non-hydrogen) atoms. The lowest BCUT2D eigenvalue weighted by molar-refractivity contribution is -0.137. The molecule has 1 amide bonds. The van der Waals surface area contributed by atoms with Crippen LogP contribution in [0.5, 0.6) is 0 Å². The zero-order chi connectivity index (χ0) is 14.5. The van der Waals surface area contributed by atoms with Crippen LogP contribution < -0.4 is 11.1 Å². The third-order valence-corrected chi connectivity index (χ3v) is 2.45. The van der Waals surface area contributed by atoms with Crippen molar-refractivity contribution in [3.8, 4) is 0 Å². The molecule has 0 aliphatic heterocycles. The van der Waals surface area contributed by atoms with Gasteiger partial charge >= 0.3 is 6.18 Å². The van der Waals surface area contributed by atoms with Gasteiger partial charge in [-0.25, -0.2) is 4.39 Å². The molecule has 1 aromatic carbocycles. The Morgan fingerprint density at radius 1 is 1.25 bits per heavy atom. The van der Waals surface area contributed by atoms with Crippen LogP contribution in [0.1, 0.15) is 28.8 Å². The van der Waals surface area contributed by atoms with Gasteiger partial charge in [0.1, 0.15) is 5.82 Å². The molecular formula is C12H15ClF4N2O. The highest BCUT2D eigenvalue weighted by molar-refractivity contribution is 5.94. The van der Waals surface area contributed by atoms with Crippen LogP contribution in [0, 0.1) is 5.82 Å². The summed E-state index contributed by atoms with van der Waals surface area (Å²) in [6.07, 6.45) is -3.35. The summed E-state index contributed by atoms with van der Waals surface area (Å²) in [5, 5.41) is 2.35. The fourth-order valence-corrected chi connectivity index (χ4v) is 1.44. The molecule has 0 aliphatic rings. The maximum atomic E-state index is 13.3. The zero-order valence-electron chi connectivity index (χ0n) is 10.5. The summed E-state index contributed by atoms with van der Waals surface area (Å²) in [5.74, 6) is -1.84. The maximum Gasteiger partial charge on any atom is 0.416 e. The molecule has 0 atom stereocenters. The Bertz CT molecular complexity index is 452. The van der Waals surface area contributed by atoms with Gasteiger partial charge in [0, 0.05) is 6.54 Å². The monoisotopic (exact) mass is 314 g/mol. The van der Waals surface area contributed by atoms with Crippen LogP contribution >= 0.6 is 12.4 Å². The second-order valence-electron chi connectivity index (χ2n) is 3.94. The molecule has 3 N–H and O–H groups in total. The number of amides is 1. The van der Waals surface area contributed by atoms with Crippen LogP contribution in [0.4, 0.5) is 17.6 Å². The third kappa shape index (κ3) is 5.34. The number of benzene rings is 1. The molecule has 8 heteroatoms. The standard InChI is InChI=1S/C12H14F4N2O.ClH/c13-10-4-3-8(12(14,15)16)7-9(10)11(19)18-6-2-1-5-17;/h3-4,7H,1-2,5-6,17H2,(H,18,19);1H. The maximum absolute atomic E-state index is 13.3. The highest BCUT2D eigenvalue weighted by atomic mass is 35.5. The number of nitrogens with two attached hydrogens (primary N) is 1. The SMILES string of the molecule is Cl.NCCCCNC(=O)c1cc(C(F)(F)F)ccc1F. The van der Waals surface area contributed by atoms with E-state index in [0.29, 0.717) is 37.6 Å². The molecule has 0 aliphatic carbocycles. The van der Waals surface area contributed by atoms with Crippen LogP contribution in [-0.4, -0.2) is 19.0 Å². The van der Waals surface area contributed by atoms with Gasteiger partial charge in [0.05, 0.1) is 11.1 Å². The van der Waals surface area contributed by atoms with E-state index in [0.717, 1.165) is 0 Å². The van der Waals surface area contributed by atoms with Crippen molar-refractivity contribution >= 4 is 18.3 Å². The molecule has 0 unspecified atom stereocenters. The molecule has 0 heterocycles. The number of hydrogen-bond donors (Lipinski definition) is 2. The molecule has 3 nitrogen and oxygen atoms in total. The first-order chi connectivity index (χ1) is 8.86. The Morgan fingerprint density at radius 3 is 2.45 bits per heavy atom. The number of carbonyl (C=O) groups is 1. The first kappa shape index (κ1) is 18.7. The van der Waals surface area contributed by atoms with E-state index in [1.54, 1.807) is 0 Å². The van der Waals surface area contributed by atoms with Gasteiger partial charge in [0.15, 0.2) is 0 Å². The van der Waals surface area contributed by atoms with Crippen LogP contribution in [-0.2, 0) is 6.18 Å². The topological polar surface area (TPSA) is 55.1 Å². The molecule has 0 saturated carbocycles. The molecule has 0 bridgehead atoms. The van der Waals surface area contributed by atoms with E-state index >= 15 is 0 Å². The number of unbranched alkanes of at least 4 members (excludes halogenated alkanes) is 1. The van der Waals surface area contributed by atoms with Crippen molar-refractivity contribution in [3.63, 3.8) is 0 Å². The minimum atomic E-state index is -4.61. The summed E-state index contributed by atoms with van der Waals surface area (Å²) in [4.78, 5) is 11.6. The highest BCUT2D eigenvalue weighted by Gasteiger charge is 2.31. The van der Waals surface area contributed by atoms with Crippen molar-refractivity contribution in [2.45, 2.75) is 19.0 Å². The Kier molecular flexibility index (Phi) is 7.52. The fourth-order valence-electron chi connectivity index (χ4n) is 1.44. The smallest absolute Gasteiger partial charge is 0.352 e. The van der Waals surface area contributed by atoms with Crippen molar-refractivity contribution in [3.05, 3.63) is 35.1 Å². The number of rotatable bonds is 5. The van der Waals surface area contributed by atoms with Gasteiger partial charge in [0.2, 0.25) is 0 Å². The summed E-state index contributed by atoms with van der Waals surface area (Å²) in [5.41, 5.74) is 3.59. The van der Waals surface area contributed by atoms with Gasteiger partial charge in [-0.2, -0.15) is 13.2 Å². The molecule has 0 spiro atoms. The lowest BCUT2D eigenvalue weighted by atomic mass is 10.1. The molecule has 0 fully saturated rings. The van der Waals surface area contributed by atoms with Crippen LogP contribution in [0.3, 0.4) is 0 Å². The molecule has 0 aromatic heterocycles. The van der Waals surface area contributed by atoms with Crippen molar-refractivity contribution in [1.29, 1.82) is 0 Å². The lowest BCUT2D eigenvalue weighted by Crippen LogP contribution is -2.26. The van der Waals surface area contributed by atoms with E-state index in [4.69, 9.17) is 5.73 Å². The number of halogens is 5. The largest absolute Gasteiger partial charge is 0.416 e. The lowest BCUT2D eigenvalue weighted by Gasteiger charge is -2.10. The normalized spacial score (nSPS) is 10.8. The zero-order valence-corrected chi connectivity index (χ0v) is 11.3. The number of nitrogens with one attached hydrogen (secondary N) is 1. The first-order valence-electron chi connectivity index (χ1n) is 5.71. The predicted molar refractivity (Wildman–Crippen MR) is 69.3 cm³/mol. The van der Waals surface area contributed by atoms with Crippen molar-refractivity contribution in [2.75, 3.05) is 13.1 Å². The number of alkyl halides is 3. The average Bonchev–Trinajstić information content (AvgIpc) is 2.33. The second kappa shape index (κ2) is 8.06. The van der Waals surface area contributed by atoms with E-state index in [2.05, 4.69) is 5.32 Å². The van der Waals surface area contributed by atoms with E-state index in [9.17, 15) is 22.4 Å². The molecule has 0 radical (unpaired) electrons. The van der Waals surface area contributed by atoms with Gasteiger partial charge in [-0.3, -0.25) is 4.79 Å².